The number of aromatic amines is 2. The number of alkyl halides is 2. The molecule has 1 aromatic carbocycles. The zero-order valence-corrected chi connectivity index (χ0v) is 12.5. The van der Waals surface area contributed by atoms with Crippen molar-refractivity contribution in [3.05, 3.63) is 68.6 Å². The molecule has 3 aromatic rings. The van der Waals surface area contributed by atoms with E-state index in [-0.39, 0.29) is 5.69 Å². The van der Waals surface area contributed by atoms with Crippen molar-refractivity contribution >= 4 is 22.7 Å². The fourth-order valence-electron chi connectivity index (χ4n) is 2.03. The van der Waals surface area contributed by atoms with Crippen LogP contribution in [0.2, 0.25) is 0 Å². The minimum atomic E-state index is -2.59. The Balaban J connectivity index is 1.80. The molecule has 0 saturated carbocycles. The van der Waals surface area contributed by atoms with Crippen LogP contribution < -0.4 is 11.1 Å². The maximum atomic E-state index is 12.6. The fourth-order valence-corrected chi connectivity index (χ4v) is 2.88. The first-order valence-electron chi connectivity index (χ1n) is 6.65. The van der Waals surface area contributed by atoms with Crippen molar-refractivity contribution in [2.45, 2.75) is 17.1 Å². The average Bonchev–Trinajstić information content (AvgIpc) is 2.55. The zero-order chi connectivity index (χ0) is 16.4. The van der Waals surface area contributed by atoms with Crippen LogP contribution in [-0.4, -0.2) is 15.0 Å². The second-order valence-electron chi connectivity index (χ2n) is 4.78. The van der Waals surface area contributed by atoms with Gasteiger partial charge < -0.3 is 9.97 Å². The Morgan fingerprint density at radius 1 is 1.13 bits per heavy atom. The quantitative estimate of drug-likeness (QED) is 0.568. The van der Waals surface area contributed by atoms with Crippen LogP contribution in [-0.2, 0) is 5.75 Å². The van der Waals surface area contributed by atoms with Crippen LogP contribution in [0, 0.1) is 0 Å². The topological polar surface area (TPSA) is 78.6 Å². The Bertz CT molecular complexity index is 969. The van der Waals surface area contributed by atoms with Gasteiger partial charge in [0.25, 0.3) is 6.43 Å². The van der Waals surface area contributed by atoms with Gasteiger partial charge in [-0.1, -0.05) is 6.07 Å². The molecule has 0 saturated heterocycles. The maximum Gasteiger partial charge on any atom is 0.313 e. The van der Waals surface area contributed by atoms with Gasteiger partial charge in [-0.2, -0.15) is 0 Å². The number of hydrogen-bond donors (Lipinski definition) is 2. The van der Waals surface area contributed by atoms with E-state index in [1.807, 2.05) is 6.07 Å². The molecule has 118 valence electrons. The molecule has 2 N–H and O–H groups in total. The van der Waals surface area contributed by atoms with Crippen LogP contribution in [0.1, 0.15) is 17.8 Å². The van der Waals surface area contributed by atoms with Gasteiger partial charge in [0.15, 0.2) is 0 Å². The van der Waals surface area contributed by atoms with E-state index < -0.39 is 17.5 Å². The van der Waals surface area contributed by atoms with Crippen LogP contribution >= 0.6 is 11.8 Å². The van der Waals surface area contributed by atoms with Gasteiger partial charge in [0.05, 0.1) is 5.52 Å². The lowest BCUT2D eigenvalue weighted by Crippen LogP contribution is -2.29. The highest BCUT2D eigenvalue weighted by Gasteiger charge is 2.09. The van der Waals surface area contributed by atoms with Crippen molar-refractivity contribution in [3.8, 4) is 0 Å². The maximum absolute atomic E-state index is 12.6. The number of H-pyrrole nitrogens is 2. The molecule has 23 heavy (non-hydrogen) atoms. The predicted octanol–water partition coefficient (Wildman–Crippen LogP) is 2.84. The summed E-state index contributed by atoms with van der Waals surface area (Å²) < 4.78 is 25.2. The first kappa shape index (κ1) is 15.4. The number of aromatic nitrogens is 3. The van der Waals surface area contributed by atoms with E-state index >= 15 is 0 Å². The summed E-state index contributed by atoms with van der Waals surface area (Å²) in [5.74, 6) is 0.458. The summed E-state index contributed by atoms with van der Waals surface area (Å²) in [6.45, 7) is 0. The van der Waals surface area contributed by atoms with Gasteiger partial charge in [0, 0.05) is 27.9 Å². The Hall–Kier alpha value is -2.48. The van der Waals surface area contributed by atoms with Gasteiger partial charge >= 0.3 is 11.1 Å². The molecule has 2 heterocycles. The van der Waals surface area contributed by atoms with E-state index in [1.165, 1.54) is 24.0 Å². The second-order valence-corrected chi connectivity index (χ2v) is 5.83. The Morgan fingerprint density at radius 3 is 2.70 bits per heavy atom. The minimum absolute atomic E-state index is 0.247. The molecule has 8 heteroatoms. The third-order valence-corrected chi connectivity index (χ3v) is 4.20. The molecule has 5 nitrogen and oxygen atoms in total. The lowest BCUT2D eigenvalue weighted by Gasteiger charge is -2.05. The molecule has 0 aliphatic rings. The molecule has 3 rings (SSSR count). The number of nitrogens with zero attached hydrogens (tertiary/aromatic N) is 1. The highest BCUT2D eigenvalue weighted by Crippen LogP contribution is 2.26. The first-order chi connectivity index (χ1) is 11.0. The minimum Gasteiger partial charge on any atom is -0.323 e. The average molecular weight is 335 g/mol. The molecule has 0 aliphatic heterocycles. The van der Waals surface area contributed by atoms with Crippen LogP contribution in [0.4, 0.5) is 8.78 Å². The van der Waals surface area contributed by atoms with Gasteiger partial charge in [-0.3, -0.25) is 9.59 Å². The summed E-state index contributed by atoms with van der Waals surface area (Å²) in [6.07, 6.45) is -1.14. The summed E-state index contributed by atoms with van der Waals surface area (Å²) in [5.41, 5.74) is -0.533. The summed E-state index contributed by atoms with van der Waals surface area (Å²) >= 11 is 1.45. The molecule has 0 radical (unpaired) electrons. The number of rotatable bonds is 4. The van der Waals surface area contributed by atoms with E-state index in [2.05, 4.69) is 15.0 Å². The third kappa shape index (κ3) is 3.48. The molecule has 0 atom stereocenters. The van der Waals surface area contributed by atoms with Gasteiger partial charge in [-0.15, -0.1) is 11.8 Å². The summed E-state index contributed by atoms with van der Waals surface area (Å²) in [7, 11) is 0. The van der Waals surface area contributed by atoms with Gasteiger partial charge in [0.2, 0.25) is 0 Å². The highest BCUT2D eigenvalue weighted by atomic mass is 32.2. The molecule has 2 aromatic heterocycles. The largest absolute Gasteiger partial charge is 0.323 e. The van der Waals surface area contributed by atoms with Crippen molar-refractivity contribution < 1.29 is 8.78 Å². The molecular formula is C15H11F2N3O2S. The van der Waals surface area contributed by atoms with Crippen molar-refractivity contribution in [1.29, 1.82) is 0 Å². The number of thioether (sulfide) groups is 1. The number of fused-ring (bicyclic) bond motifs is 1. The lowest BCUT2D eigenvalue weighted by atomic mass is 10.2. The smallest absolute Gasteiger partial charge is 0.313 e. The normalized spacial score (nSPS) is 11.3. The van der Waals surface area contributed by atoms with Crippen LogP contribution in [0.5, 0.6) is 0 Å². The Morgan fingerprint density at radius 2 is 1.96 bits per heavy atom. The molecule has 0 unspecified atom stereocenters. The number of pyridine rings is 1. The van der Waals surface area contributed by atoms with Crippen molar-refractivity contribution in [2.75, 3.05) is 0 Å². The number of benzene rings is 1. The standard InChI is InChI=1S/C15H11F2N3O2S/c16-13(17)12-3-1-8-5-10(2-4-11(8)20-12)23-7-9-6-18-14(21)15(22)19-9/h1-6,13H,7H2,(H,18,21)(H,19,22). The molecule has 0 aliphatic carbocycles. The van der Waals surface area contributed by atoms with Crippen LogP contribution in [0.15, 0.2) is 51.0 Å². The van der Waals surface area contributed by atoms with Crippen molar-refractivity contribution in [2.24, 2.45) is 0 Å². The summed E-state index contributed by atoms with van der Waals surface area (Å²) in [5, 5.41) is 0.759. The van der Waals surface area contributed by atoms with E-state index in [4.69, 9.17) is 0 Å². The molecular weight excluding hydrogens is 324 g/mol. The first-order valence-corrected chi connectivity index (χ1v) is 7.64. The SMILES string of the molecule is O=c1[nH]cc(CSc2ccc3nc(C(F)F)ccc3c2)[nH]c1=O. The predicted molar refractivity (Wildman–Crippen MR) is 83.9 cm³/mol. The Labute approximate surface area is 132 Å². The summed E-state index contributed by atoms with van der Waals surface area (Å²) in [4.78, 5) is 31.9. The van der Waals surface area contributed by atoms with Crippen molar-refractivity contribution in [3.63, 3.8) is 0 Å². The van der Waals surface area contributed by atoms with Gasteiger partial charge in [0.1, 0.15) is 5.69 Å². The second kappa shape index (κ2) is 6.33. The zero-order valence-electron chi connectivity index (χ0n) is 11.7. The van der Waals surface area contributed by atoms with E-state index in [0.717, 1.165) is 10.3 Å². The number of halogens is 2. The van der Waals surface area contributed by atoms with E-state index in [1.54, 1.807) is 18.2 Å². The molecule has 0 fully saturated rings. The monoisotopic (exact) mass is 335 g/mol. The van der Waals surface area contributed by atoms with Crippen molar-refractivity contribution in [1.82, 2.24) is 15.0 Å². The van der Waals surface area contributed by atoms with Gasteiger partial charge in [-0.25, -0.2) is 13.8 Å². The fraction of sp³-hybridized carbons (Fsp3) is 0.133. The molecule has 0 amide bonds. The van der Waals surface area contributed by atoms with Crippen LogP contribution in [0.3, 0.4) is 0 Å². The Kier molecular flexibility index (Phi) is 4.24. The highest BCUT2D eigenvalue weighted by molar-refractivity contribution is 7.98. The molecule has 0 bridgehead atoms. The number of hydrogen-bond acceptors (Lipinski definition) is 4. The van der Waals surface area contributed by atoms with Gasteiger partial charge in [-0.05, 0) is 24.3 Å². The van der Waals surface area contributed by atoms with E-state index in [9.17, 15) is 18.4 Å². The third-order valence-electron chi connectivity index (χ3n) is 3.16. The number of nitrogens with one attached hydrogen (secondary N) is 2. The summed E-state index contributed by atoms with van der Waals surface area (Å²) in [6, 6.07) is 8.21. The molecule has 0 spiro atoms. The van der Waals surface area contributed by atoms with Crippen LogP contribution in [0.25, 0.3) is 10.9 Å². The lowest BCUT2D eigenvalue weighted by molar-refractivity contribution is 0.146. The van der Waals surface area contributed by atoms with E-state index in [0.29, 0.717) is 17.0 Å².